The van der Waals surface area contributed by atoms with E-state index in [4.69, 9.17) is 4.42 Å². The van der Waals surface area contributed by atoms with Gasteiger partial charge in [-0.1, -0.05) is 13.8 Å². The summed E-state index contributed by atoms with van der Waals surface area (Å²) in [4.78, 5) is 16.5. The van der Waals surface area contributed by atoms with Gasteiger partial charge in [0, 0.05) is 31.3 Å². The zero-order chi connectivity index (χ0) is 15.4. The second-order valence-corrected chi connectivity index (χ2v) is 5.58. The number of nitrogens with one attached hydrogen (secondary N) is 1. The molecular formula is C16H23N3O2. The van der Waals surface area contributed by atoms with Gasteiger partial charge in [-0.15, -0.1) is 0 Å². The first-order chi connectivity index (χ1) is 9.99. The van der Waals surface area contributed by atoms with Crippen LogP contribution >= 0.6 is 0 Å². The van der Waals surface area contributed by atoms with Crippen molar-refractivity contribution in [3.05, 3.63) is 41.9 Å². The minimum atomic E-state index is -0.261. The molecule has 1 unspecified atom stereocenters. The Morgan fingerprint density at radius 3 is 2.76 bits per heavy atom. The Morgan fingerprint density at radius 2 is 2.14 bits per heavy atom. The molecule has 114 valence electrons. The summed E-state index contributed by atoms with van der Waals surface area (Å²) in [5.74, 6) is 3.01. The van der Waals surface area contributed by atoms with Gasteiger partial charge in [-0.3, -0.25) is 4.79 Å². The van der Waals surface area contributed by atoms with Crippen molar-refractivity contribution < 1.29 is 9.21 Å². The van der Waals surface area contributed by atoms with Crippen molar-refractivity contribution >= 4 is 5.91 Å². The zero-order valence-electron chi connectivity index (χ0n) is 13.1. The first-order valence-corrected chi connectivity index (χ1v) is 7.34. The molecule has 0 saturated heterocycles. The molecule has 0 aliphatic heterocycles. The van der Waals surface area contributed by atoms with Crippen LogP contribution in [0.3, 0.4) is 0 Å². The van der Waals surface area contributed by atoms with Gasteiger partial charge in [-0.05, 0) is 26.0 Å². The highest BCUT2D eigenvalue weighted by molar-refractivity contribution is 5.79. The van der Waals surface area contributed by atoms with E-state index in [1.807, 2.05) is 36.7 Å². The molecule has 0 aliphatic carbocycles. The third-order valence-electron chi connectivity index (χ3n) is 3.48. The fourth-order valence-electron chi connectivity index (χ4n) is 2.30. The van der Waals surface area contributed by atoms with Crippen LogP contribution in [0.4, 0.5) is 0 Å². The van der Waals surface area contributed by atoms with Crippen molar-refractivity contribution in [2.75, 3.05) is 6.54 Å². The van der Waals surface area contributed by atoms with Crippen molar-refractivity contribution in [1.82, 2.24) is 14.9 Å². The molecule has 5 heteroatoms. The average Bonchev–Trinajstić information content (AvgIpc) is 3.06. The van der Waals surface area contributed by atoms with Crippen LogP contribution in [0.2, 0.25) is 0 Å². The van der Waals surface area contributed by atoms with Crippen molar-refractivity contribution in [3.63, 3.8) is 0 Å². The molecule has 0 spiro atoms. The van der Waals surface area contributed by atoms with Gasteiger partial charge in [0.2, 0.25) is 5.91 Å². The van der Waals surface area contributed by atoms with Crippen molar-refractivity contribution in [2.45, 2.75) is 46.1 Å². The topological polar surface area (TPSA) is 60.1 Å². The molecule has 1 amide bonds. The number of aromatic nitrogens is 2. The number of rotatable bonds is 6. The van der Waals surface area contributed by atoms with Crippen LogP contribution in [-0.4, -0.2) is 22.0 Å². The van der Waals surface area contributed by atoms with E-state index in [0.29, 0.717) is 18.9 Å². The van der Waals surface area contributed by atoms with Crippen LogP contribution in [0.5, 0.6) is 0 Å². The third kappa shape index (κ3) is 3.74. The monoisotopic (exact) mass is 289 g/mol. The summed E-state index contributed by atoms with van der Waals surface area (Å²) in [6.45, 7) is 8.52. The lowest BCUT2D eigenvalue weighted by Crippen LogP contribution is -2.33. The number of furan rings is 1. The van der Waals surface area contributed by atoms with E-state index < -0.39 is 0 Å². The minimum Gasteiger partial charge on any atom is -0.466 e. The van der Waals surface area contributed by atoms with E-state index in [1.54, 1.807) is 6.20 Å². The smallest absolute Gasteiger partial charge is 0.242 e. The van der Waals surface area contributed by atoms with Crippen LogP contribution in [0.15, 0.2) is 28.9 Å². The minimum absolute atomic E-state index is 0.00169. The van der Waals surface area contributed by atoms with E-state index in [-0.39, 0.29) is 11.9 Å². The molecule has 0 aromatic carbocycles. The van der Waals surface area contributed by atoms with E-state index in [0.717, 1.165) is 17.3 Å². The Balaban J connectivity index is 1.89. The highest BCUT2D eigenvalue weighted by atomic mass is 16.3. The lowest BCUT2D eigenvalue weighted by atomic mass is 10.2. The van der Waals surface area contributed by atoms with Crippen molar-refractivity contribution in [1.29, 1.82) is 0 Å². The molecule has 1 atom stereocenters. The summed E-state index contributed by atoms with van der Waals surface area (Å²) in [6, 6.07) is 3.61. The second kappa shape index (κ2) is 6.61. The predicted molar refractivity (Wildman–Crippen MR) is 81.2 cm³/mol. The van der Waals surface area contributed by atoms with E-state index in [2.05, 4.69) is 24.1 Å². The molecule has 0 aliphatic rings. The highest BCUT2D eigenvalue weighted by Crippen LogP contribution is 2.17. The van der Waals surface area contributed by atoms with Crippen LogP contribution in [0.25, 0.3) is 0 Å². The number of aryl methyl sites for hydroxylation is 1. The molecule has 5 nitrogen and oxygen atoms in total. The molecule has 2 heterocycles. The number of amides is 1. The van der Waals surface area contributed by atoms with Crippen LogP contribution < -0.4 is 5.32 Å². The number of carbonyl (C=O) groups is 1. The number of nitrogens with zero attached hydrogens (tertiary/aromatic N) is 2. The van der Waals surface area contributed by atoms with Gasteiger partial charge in [-0.25, -0.2) is 4.98 Å². The standard InChI is InChI=1S/C16H23N3O2/c1-11(2)15-17-9-10-19(15)13(4)16(20)18-8-7-14-6-5-12(3)21-14/h5-6,9-11,13H,7-8H2,1-4H3,(H,18,20). The maximum Gasteiger partial charge on any atom is 0.242 e. The summed E-state index contributed by atoms with van der Waals surface area (Å²) < 4.78 is 7.41. The zero-order valence-corrected chi connectivity index (χ0v) is 13.1. The Kier molecular flexibility index (Phi) is 4.83. The van der Waals surface area contributed by atoms with Gasteiger partial charge in [0.1, 0.15) is 23.4 Å². The van der Waals surface area contributed by atoms with E-state index in [1.165, 1.54) is 0 Å². The largest absolute Gasteiger partial charge is 0.466 e. The van der Waals surface area contributed by atoms with Crippen LogP contribution in [0.1, 0.15) is 50.1 Å². The Morgan fingerprint density at radius 1 is 1.38 bits per heavy atom. The molecule has 2 rings (SSSR count). The Bertz CT molecular complexity index is 598. The summed E-state index contributed by atoms with van der Waals surface area (Å²) in [5.41, 5.74) is 0. The molecule has 0 bridgehead atoms. The SMILES string of the molecule is Cc1ccc(CCNC(=O)C(C)n2ccnc2C(C)C)o1. The summed E-state index contributed by atoms with van der Waals surface area (Å²) >= 11 is 0. The lowest BCUT2D eigenvalue weighted by Gasteiger charge is -2.17. The fourth-order valence-corrected chi connectivity index (χ4v) is 2.30. The molecule has 21 heavy (non-hydrogen) atoms. The summed E-state index contributed by atoms with van der Waals surface area (Å²) in [5, 5.41) is 2.95. The van der Waals surface area contributed by atoms with E-state index >= 15 is 0 Å². The molecule has 1 N–H and O–H groups in total. The highest BCUT2D eigenvalue weighted by Gasteiger charge is 2.18. The van der Waals surface area contributed by atoms with Gasteiger partial charge in [0.05, 0.1) is 0 Å². The molecular weight excluding hydrogens is 266 g/mol. The van der Waals surface area contributed by atoms with Gasteiger partial charge < -0.3 is 14.3 Å². The van der Waals surface area contributed by atoms with Crippen molar-refractivity contribution in [3.8, 4) is 0 Å². The Labute approximate surface area is 125 Å². The molecule has 2 aromatic rings. The molecule has 0 fully saturated rings. The van der Waals surface area contributed by atoms with Crippen molar-refractivity contribution in [2.24, 2.45) is 0 Å². The van der Waals surface area contributed by atoms with Crippen LogP contribution in [-0.2, 0) is 11.2 Å². The number of imidazole rings is 1. The number of hydrogen-bond acceptors (Lipinski definition) is 3. The molecule has 2 aromatic heterocycles. The quantitative estimate of drug-likeness (QED) is 0.889. The number of carbonyl (C=O) groups excluding carboxylic acids is 1. The first-order valence-electron chi connectivity index (χ1n) is 7.34. The normalized spacial score (nSPS) is 12.6. The van der Waals surface area contributed by atoms with Gasteiger partial charge in [0.25, 0.3) is 0 Å². The van der Waals surface area contributed by atoms with Gasteiger partial charge in [-0.2, -0.15) is 0 Å². The average molecular weight is 289 g/mol. The lowest BCUT2D eigenvalue weighted by molar-refractivity contribution is -0.123. The van der Waals surface area contributed by atoms with Crippen LogP contribution in [0, 0.1) is 6.92 Å². The van der Waals surface area contributed by atoms with E-state index in [9.17, 15) is 4.79 Å². The maximum atomic E-state index is 12.2. The fraction of sp³-hybridized carbons (Fsp3) is 0.500. The first kappa shape index (κ1) is 15.4. The predicted octanol–water partition coefficient (Wildman–Crippen LogP) is 2.83. The number of hydrogen-bond donors (Lipinski definition) is 1. The summed E-state index contributed by atoms with van der Waals surface area (Å²) in [7, 11) is 0. The second-order valence-electron chi connectivity index (χ2n) is 5.58. The Hall–Kier alpha value is -2.04. The summed E-state index contributed by atoms with van der Waals surface area (Å²) in [6.07, 6.45) is 4.30. The molecule has 0 radical (unpaired) electrons. The third-order valence-corrected chi connectivity index (χ3v) is 3.48. The van der Waals surface area contributed by atoms with Gasteiger partial charge in [0.15, 0.2) is 0 Å². The molecule has 0 saturated carbocycles. The van der Waals surface area contributed by atoms with Gasteiger partial charge >= 0.3 is 0 Å². The maximum absolute atomic E-state index is 12.2.